The van der Waals surface area contributed by atoms with E-state index in [0.29, 0.717) is 14.8 Å². The normalized spacial score (nSPS) is 11.6. The number of halogens is 3. The molecule has 0 saturated carbocycles. The Morgan fingerprint density at radius 2 is 2.05 bits per heavy atom. The van der Waals surface area contributed by atoms with E-state index >= 15 is 0 Å². The van der Waals surface area contributed by atoms with Crippen molar-refractivity contribution in [3.05, 3.63) is 43.2 Å². The van der Waals surface area contributed by atoms with E-state index < -0.39 is 15.8 Å². The Kier molecular flexibility index (Phi) is 5.42. The molecule has 2 N–H and O–H groups in total. The van der Waals surface area contributed by atoms with Gasteiger partial charge in [-0.3, -0.25) is 4.72 Å². The monoisotopic (exact) mass is 456 g/mol. The Hall–Kier alpha value is -0.480. The van der Waals surface area contributed by atoms with Crippen LogP contribution in [0.4, 0.5) is 10.1 Å². The van der Waals surface area contributed by atoms with Gasteiger partial charge in [0.05, 0.1) is 9.47 Å². The first-order valence-corrected chi connectivity index (χ1v) is 9.63. The molecule has 0 radical (unpaired) electrons. The SMILES string of the molecule is CNCc1cc(S(=O)(=O)Nc2c(F)cccc2Br)c(Br)s1. The summed E-state index contributed by atoms with van der Waals surface area (Å²) in [6.45, 7) is 0.558. The van der Waals surface area contributed by atoms with Gasteiger partial charge in [-0.15, -0.1) is 11.3 Å². The van der Waals surface area contributed by atoms with Gasteiger partial charge in [0.15, 0.2) is 0 Å². The van der Waals surface area contributed by atoms with Crippen LogP contribution in [-0.4, -0.2) is 15.5 Å². The maximum atomic E-state index is 13.7. The fourth-order valence-corrected chi connectivity index (χ4v) is 5.98. The summed E-state index contributed by atoms with van der Waals surface area (Å²) in [6.07, 6.45) is 0. The predicted octanol–water partition coefficient (Wildman–Crippen LogP) is 3.93. The molecular formula is C12H11Br2FN2O2S2. The lowest BCUT2D eigenvalue weighted by molar-refractivity contribution is 0.598. The molecule has 1 aromatic carbocycles. The van der Waals surface area contributed by atoms with E-state index in [-0.39, 0.29) is 10.6 Å². The number of hydrogen-bond acceptors (Lipinski definition) is 4. The molecule has 0 aliphatic carbocycles. The molecule has 21 heavy (non-hydrogen) atoms. The minimum atomic E-state index is -3.87. The van der Waals surface area contributed by atoms with Crippen LogP contribution in [0, 0.1) is 5.82 Å². The first kappa shape index (κ1) is 16.9. The molecule has 1 aromatic heterocycles. The van der Waals surface area contributed by atoms with E-state index in [2.05, 4.69) is 41.9 Å². The molecule has 2 rings (SSSR count). The smallest absolute Gasteiger partial charge is 0.264 e. The van der Waals surface area contributed by atoms with Crippen LogP contribution in [0.2, 0.25) is 0 Å². The van der Waals surface area contributed by atoms with Crippen molar-refractivity contribution in [2.45, 2.75) is 11.4 Å². The number of benzene rings is 1. The Bertz CT molecular complexity index is 742. The average molecular weight is 458 g/mol. The molecule has 114 valence electrons. The van der Waals surface area contributed by atoms with Crippen LogP contribution in [0.1, 0.15) is 4.88 Å². The number of thiophene rings is 1. The highest BCUT2D eigenvalue weighted by Crippen LogP contribution is 2.34. The number of anilines is 1. The molecule has 0 spiro atoms. The summed E-state index contributed by atoms with van der Waals surface area (Å²) in [5.41, 5.74) is -0.106. The van der Waals surface area contributed by atoms with Crippen molar-refractivity contribution in [3.8, 4) is 0 Å². The Balaban J connectivity index is 2.39. The molecule has 2 aromatic rings. The third-order valence-corrected chi connectivity index (χ3v) is 6.81. The largest absolute Gasteiger partial charge is 0.315 e. The van der Waals surface area contributed by atoms with Crippen molar-refractivity contribution in [3.63, 3.8) is 0 Å². The average Bonchev–Trinajstić information content (AvgIpc) is 2.76. The fraction of sp³-hybridized carbons (Fsp3) is 0.167. The van der Waals surface area contributed by atoms with Gasteiger partial charge in [0.1, 0.15) is 10.7 Å². The van der Waals surface area contributed by atoms with Crippen LogP contribution in [0.3, 0.4) is 0 Å². The molecule has 0 fully saturated rings. The summed E-state index contributed by atoms with van der Waals surface area (Å²) in [6, 6.07) is 5.80. The van der Waals surface area contributed by atoms with Gasteiger partial charge in [-0.2, -0.15) is 0 Å². The van der Waals surface area contributed by atoms with E-state index in [0.717, 1.165) is 4.88 Å². The molecular weight excluding hydrogens is 447 g/mol. The third kappa shape index (κ3) is 3.84. The van der Waals surface area contributed by atoms with Gasteiger partial charge in [-0.25, -0.2) is 12.8 Å². The van der Waals surface area contributed by atoms with Gasteiger partial charge >= 0.3 is 0 Å². The minimum Gasteiger partial charge on any atom is -0.315 e. The van der Waals surface area contributed by atoms with Crippen molar-refractivity contribution in [2.24, 2.45) is 0 Å². The summed E-state index contributed by atoms with van der Waals surface area (Å²) < 4.78 is 41.6. The van der Waals surface area contributed by atoms with Gasteiger partial charge in [-0.1, -0.05) is 6.07 Å². The van der Waals surface area contributed by atoms with Crippen molar-refractivity contribution < 1.29 is 12.8 Å². The van der Waals surface area contributed by atoms with E-state index in [1.807, 2.05) is 0 Å². The van der Waals surface area contributed by atoms with Gasteiger partial charge in [-0.05, 0) is 57.1 Å². The highest BCUT2D eigenvalue weighted by molar-refractivity contribution is 9.11. The van der Waals surface area contributed by atoms with Crippen LogP contribution in [0.25, 0.3) is 0 Å². The number of nitrogens with one attached hydrogen (secondary N) is 2. The fourth-order valence-electron chi connectivity index (χ4n) is 1.63. The summed E-state index contributed by atoms with van der Waals surface area (Å²) >= 11 is 7.69. The maximum Gasteiger partial charge on any atom is 0.264 e. The van der Waals surface area contributed by atoms with Crippen LogP contribution >= 0.6 is 43.2 Å². The lowest BCUT2D eigenvalue weighted by Gasteiger charge is -2.09. The Morgan fingerprint density at radius 1 is 1.33 bits per heavy atom. The zero-order valence-electron chi connectivity index (χ0n) is 10.8. The first-order chi connectivity index (χ1) is 9.85. The molecule has 0 aliphatic rings. The Labute approximate surface area is 143 Å². The highest BCUT2D eigenvalue weighted by Gasteiger charge is 2.23. The molecule has 4 nitrogen and oxygen atoms in total. The van der Waals surface area contributed by atoms with Crippen molar-refractivity contribution in [1.29, 1.82) is 0 Å². The lowest BCUT2D eigenvalue weighted by atomic mass is 10.3. The van der Waals surface area contributed by atoms with Gasteiger partial charge in [0.2, 0.25) is 0 Å². The molecule has 9 heteroatoms. The van der Waals surface area contributed by atoms with Crippen molar-refractivity contribution in [2.75, 3.05) is 11.8 Å². The molecule has 0 amide bonds. The minimum absolute atomic E-state index is 0.0907. The van der Waals surface area contributed by atoms with Gasteiger partial charge < -0.3 is 5.32 Å². The molecule has 0 bridgehead atoms. The van der Waals surface area contributed by atoms with Gasteiger partial charge in [0, 0.05) is 15.9 Å². The summed E-state index contributed by atoms with van der Waals surface area (Å²) in [4.78, 5) is 0.949. The van der Waals surface area contributed by atoms with Crippen LogP contribution in [0.15, 0.2) is 37.4 Å². The standard InChI is InChI=1S/C12H11Br2FN2O2S2/c1-16-6-7-5-10(12(14)20-7)21(18,19)17-11-8(13)3-2-4-9(11)15/h2-5,16-17H,6H2,1H3. The summed E-state index contributed by atoms with van der Waals surface area (Å²) in [7, 11) is -2.10. The van der Waals surface area contributed by atoms with Crippen molar-refractivity contribution >= 4 is 58.9 Å². The van der Waals surface area contributed by atoms with Crippen LogP contribution in [-0.2, 0) is 16.6 Å². The quantitative estimate of drug-likeness (QED) is 0.714. The number of para-hydroxylation sites is 1. The molecule has 0 unspecified atom stereocenters. The topological polar surface area (TPSA) is 58.2 Å². The molecule has 0 saturated heterocycles. The molecule has 0 aliphatic heterocycles. The molecule has 0 atom stereocenters. The van der Waals surface area contributed by atoms with E-state index in [9.17, 15) is 12.8 Å². The van der Waals surface area contributed by atoms with Crippen LogP contribution < -0.4 is 10.0 Å². The zero-order valence-corrected chi connectivity index (χ0v) is 15.6. The number of hydrogen-bond donors (Lipinski definition) is 2. The maximum absolute atomic E-state index is 13.7. The van der Waals surface area contributed by atoms with E-state index in [1.54, 1.807) is 19.2 Å². The lowest BCUT2D eigenvalue weighted by Crippen LogP contribution is -2.14. The number of sulfonamides is 1. The Morgan fingerprint density at radius 3 is 2.67 bits per heavy atom. The second-order valence-electron chi connectivity index (χ2n) is 4.08. The van der Waals surface area contributed by atoms with E-state index in [1.165, 1.54) is 23.5 Å². The summed E-state index contributed by atoms with van der Waals surface area (Å²) in [5, 5.41) is 2.95. The van der Waals surface area contributed by atoms with Crippen molar-refractivity contribution in [1.82, 2.24) is 5.32 Å². The highest BCUT2D eigenvalue weighted by atomic mass is 79.9. The third-order valence-electron chi connectivity index (χ3n) is 2.55. The zero-order chi connectivity index (χ0) is 15.6. The predicted molar refractivity (Wildman–Crippen MR) is 89.7 cm³/mol. The molecule has 1 heterocycles. The first-order valence-electron chi connectivity index (χ1n) is 5.75. The van der Waals surface area contributed by atoms with Crippen LogP contribution in [0.5, 0.6) is 0 Å². The van der Waals surface area contributed by atoms with E-state index in [4.69, 9.17) is 0 Å². The second kappa shape index (κ2) is 6.74. The number of rotatable bonds is 5. The second-order valence-corrected chi connectivity index (χ2v) is 9.04. The summed E-state index contributed by atoms with van der Waals surface area (Å²) in [5.74, 6) is -0.644. The van der Waals surface area contributed by atoms with Gasteiger partial charge in [0.25, 0.3) is 10.0 Å².